The van der Waals surface area contributed by atoms with Crippen molar-refractivity contribution in [1.29, 1.82) is 0 Å². The second-order valence-corrected chi connectivity index (χ2v) is 11.7. The summed E-state index contributed by atoms with van der Waals surface area (Å²) >= 11 is 0. The normalized spacial score (nSPS) is 15.0. The van der Waals surface area contributed by atoms with Gasteiger partial charge in [-0.15, -0.1) is 0 Å². The molecular weight excluding hydrogens is 497 g/mol. The van der Waals surface area contributed by atoms with Gasteiger partial charge in [0.15, 0.2) is 11.5 Å². The lowest BCUT2D eigenvalue weighted by molar-refractivity contribution is -0.179. The summed E-state index contributed by atoms with van der Waals surface area (Å²) < 4.78 is 34.7. The molecule has 0 radical (unpaired) electrons. The number of esters is 2. The number of rotatable bonds is 11. The van der Waals surface area contributed by atoms with Crippen LogP contribution in [0.2, 0.25) is 0 Å². The highest BCUT2D eigenvalue weighted by Crippen LogP contribution is 2.44. The predicted octanol–water partition coefficient (Wildman–Crippen LogP) is 1.56. The Bertz CT molecular complexity index is 1080. The van der Waals surface area contributed by atoms with Crippen molar-refractivity contribution >= 4 is 36.5 Å². The van der Waals surface area contributed by atoms with Crippen LogP contribution in [0.25, 0.3) is 11.2 Å². The van der Waals surface area contributed by atoms with Gasteiger partial charge in [0.05, 0.1) is 19.0 Å². The minimum absolute atomic E-state index is 0.0804. The fraction of sp³-hybridized carbons (Fsp3) is 0.667. The smallest absolute Gasteiger partial charge is 0.354 e. The number of ether oxygens (including phenoxy) is 3. The van der Waals surface area contributed by atoms with Crippen molar-refractivity contribution in [3.8, 4) is 0 Å². The first-order valence-corrected chi connectivity index (χ1v) is 12.9. The highest BCUT2D eigenvalue weighted by molar-refractivity contribution is 7.52. The molecule has 0 aromatic carbocycles. The number of aliphatic hydroxyl groups excluding tert-OH is 1. The summed E-state index contributed by atoms with van der Waals surface area (Å²) in [7, 11) is -4.60. The van der Waals surface area contributed by atoms with Gasteiger partial charge in [-0.1, -0.05) is 0 Å². The zero-order valence-corrected chi connectivity index (χ0v) is 22.1. The molecule has 0 fully saturated rings. The Morgan fingerprint density at radius 1 is 1.08 bits per heavy atom. The summed E-state index contributed by atoms with van der Waals surface area (Å²) in [6.07, 6.45) is 0.00506. The number of aliphatic hydroxyl groups is 1. The van der Waals surface area contributed by atoms with Crippen molar-refractivity contribution in [3.05, 3.63) is 12.7 Å². The van der Waals surface area contributed by atoms with Crippen LogP contribution < -0.4 is 5.73 Å². The fourth-order valence-electron chi connectivity index (χ4n) is 2.94. The van der Waals surface area contributed by atoms with Crippen molar-refractivity contribution in [1.82, 2.24) is 19.5 Å². The number of hydrogen-bond donors (Lipinski definition) is 3. The maximum atomic E-state index is 12.6. The lowest BCUT2D eigenvalue weighted by Gasteiger charge is -2.27. The molecule has 2 rings (SSSR count). The van der Waals surface area contributed by atoms with Crippen LogP contribution in [0.5, 0.6) is 0 Å². The summed E-state index contributed by atoms with van der Waals surface area (Å²) in [5.41, 5.74) is 4.60. The van der Waals surface area contributed by atoms with Crippen LogP contribution in [0.15, 0.2) is 12.7 Å². The van der Waals surface area contributed by atoms with Crippen molar-refractivity contribution in [2.75, 3.05) is 25.3 Å². The summed E-state index contributed by atoms with van der Waals surface area (Å²) in [6.45, 7) is 9.04. The van der Waals surface area contributed by atoms with Gasteiger partial charge in [0.2, 0.25) is 0 Å². The average molecular weight is 532 g/mol. The van der Waals surface area contributed by atoms with E-state index in [9.17, 15) is 24.2 Å². The van der Waals surface area contributed by atoms with Crippen molar-refractivity contribution in [2.45, 2.75) is 71.3 Å². The molecule has 0 amide bonds. The number of nitrogens with two attached hydrogens (primary N) is 1. The van der Waals surface area contributed by atoms with Crippen molar-refractivity contribution in [2.24, 2.45) is 0 Å². The first-order valence-electron chi connectivity index (χ1n) is 11.1. The zero-order valence-electron chi connectivity index (χ0n) is 21.2. The molecule has 0 bridgehead atoms. The highest BCUT2D eigenvalue weighted by atomic mass is 31.2. The van der Waals surface area contributed by atoms with Crippen molar-refractivity contribution < 1.29 is 42.9 Å². The first-order chi connectivity index (χ1) is 16.5. The van der Waals surface area contributed by atoms with E-state index >= 15 is 0 Å². The molecule has 0 aliphatic heterocycles. The van der Waals surface area contributed by atoms with Gasteiger partial charge in [-0.2, -0.15) is 0 Å². The molecule has 2 atom stereocenters. The van der Waals surface area contributed by atoms with Gasteiger partial charge in [0.1, 0.15) is 29.4 Å². The molecule has 2 aromatic heterocycles. The Hall–Kier alpha value is -2.64. The van der Waals surface area contributed by atoms with Crippen molar-refractivity contribution in [3.63, 3.8) is 0 Å². The minimum atomic E-state index is -4.60. The molecule has 0 saturated heterocycles. The predicted molar refractivity (Wildman–Crippen MR) is 128 cm³/mol. The van der Waals surface area contributed by atoms with Gasteiger partial charge < -0.3 is 34.5 Å². The summed E-state index contributed by atoms with van der Waals surface area (Å²) in [5, 5.41) is 9.80. The van der Waals surface area contributed by atoms with E-state index in [0.29, 0.717) is 11.2 Å². The van der Waals surface area contributed by atoms with E-state index in [1.165, 1.54) is 12.7 Å². The Balaban J connectivity index is 2.02. The molecule has 0 saturated carbocycles. The SMILES string of the molecule is CC(C)(C)OC(=O)C(OP(=O)(O)COCCC(CO)n1cnc2c(N)ncnc21)C(=O)OC(C)(C)C. The Morgan fingerprint density at radius 3 is 2.19 bits per heavy atom. The maximum Gasteiger partial charge on any atom is 0.354 e. The molecule has 15 heteroatoms. The van der Waals surface area contributed by atoms with Crippen LogP contribution in [-0.4, -0.2) is 78.3 Å². The Kier molecular flexibility index (Phi) is 9.54. The number of nitrogens with zero attached hydrogens (tertiary/aromatic N) is 4. The number of fused-ring (bicyclic) bond motifs is 1. The lowest BCUT2D eigenvalue weighted by Crippen LogP contribution is -2.42. The molecule has 2 unspecified atom stereocenters. The number of anilines is 1. The lowest BCUT2D eigenvalue weighted by atomic mass is 10.2. The van der Waals surface area contributed by atoms with Gasteiger partial charge in [-0.25, -0.2) is 24.5 Å². The third-order valence-electron chi connectivity index (χ3n) is 4.35. The molecule has 36 heavy (non-hydrogen) atoms. The minimum Gasteiger partial charge on any atom is -0.458 e. The molecule has 0 aliphatic rings. The van der Waals surface area contributed by atoms with E-state index in [1.54, 1.807) is 46.1 Å². The molecule has 4 N–H and O–H groups in total. The van der Waals surface area contributed by atoms with Crippen LogP contribution in [0, 0.1) is 0 Å². The van der Waals surface area contributed by atoms with Crippen LogP contribution in [0.3, 0.4) is 0 Å². The molecule has 2 aromatic rings. The second kappa shape index (κ2) is 11.6. The van der Waals surface area contributed by atoms with Crippen LogP contribution >= 0.6 is 7.60 Å². The molecule has 202 valence electrons. The Labute approximate surface area is 208 Å². The summed E-state index contributed by atoms with van der Waals surface area (Å²) in [6, 6.07) is -0.528. The van der Waals surface area contributed by atoms with Gasteiger partial charge in [0.25, 0.3) is 6.10 Å². The number of carbonyl (C=O) groups is 2. The van der Waals surface area contributed by atoms with E-state index in [4.69, 9.17) is 24.5 Å². The highest BCUT2D eigenvalue weighted by Gasteiger charge is 2.41. The number of aromatic nitrogens is 4. The second-order valence-electron chi connectivity index (χ2n) is 9.94. The molecule has 0 spiro atoms. The molecule has 0 aliphatic carbocycles. The third kappa shape index (κ3) is 8.79. The molecule has 2 heterocycles. The largest absolute Gasteiger partial charge is 0.458 e. The van der Waals surface area contributed by atoms with E-state index in [2.05, 4.69) is 15.0 Å². The zero-order chi connectivity index (χ0) is 27.3. The monoisotopic (exact) mass is 531 g/mol. The number of imidazole rings is 1. The van der Waals surface area contributed by atoms with E-state index in [0.717, 1.165) is 0 Å². The van der Waals surface area contributed by atoms with Crippen LogP contribution in [0.1, 0.15) is 54.0 Å². The number of carbonyl (C=O) groups excluding carboxylic acids is 2. The topological polar surface area (TPSA) is 198 Å². The Morgan fingerprint density at radius 2 is 1.67 bits per heavy atom. The van der Waals surface area contributed by atoms with Gasteiger partial charge in [0, 0.05) is 6.61 Å². The number of hydrogen-bond acceptors (Lipinski definition) is 12. The fourth-order valence-corrected chi connectivity index (χ4v) is 3.87. The van der Waals surface area contributed by atoms with E-state index in [1.807, 2.05) is 0 Å². The number of nitrogen functional groups attached to an aromatic ring is 1. The maximum absolute atomic E-state index is 12.6. The summed E-state index contributed by atoms with van der Waals surface area (Å²) in [5.74, 6) is -2.14. The van der Waals surface area contributed by atoms with Gasteiger partial charge >= 0.3 is 19.5 Å². The standard InChI is InChI=1S/C21H34N5O9P/c1-20(2,3)33-18(28)15(19(29)34-21(4,5)6)35-36(30,31)12-32-8-7-13(9-27)26-11-25-14-16(22)23-10-24-17(14)26/h10-11,13,15,27H,7-9,12H2,1-6H3,(H,30,31)(H2,22,23,24). The summed E-state index contributed by atoms with van der Waals surface area (Å²) in [4.78, 5) is 47.4. The first kappa shape index (κ1) is 29.6. The average Bonchev–Trinajstić information content (AvgIpc) is 3.15. The van der Waals surface area contributed by atoms with Crippen LogP contribution in [0.4, 0.5) is 5.82 Å². The molecule has 14 nitrogen and oxygen atoms in total. The van der Waals surface area contributed by atoms with Gasteiger partial charge in [-0.05, 0) is 48.0 Å². The van der Waals surface area contributed by atoms with E-state index < -0.39 is 49.2 Å². The third-order valence-corrected chi connectivity index (χ3v) is 5.40. The van der Waals surface area contributed by atoms with E-state index in [-0.39, 0.29) is 25.5 Å². The quantitative estimate of drug-likeness (QED) is 0.163. The van der Waals surface area contributed by atoms with Gasteiger partial charge in [-0.3, -0.25) is 9.09 Å². The molecular formula is C21H34N5O9P. The van der Waals surface area contributed by atoms with Crippen LogP contribution in [-0.2, 0) is 32.9 Å².